The van der Waals surface area contributed by atoms with E-state index in [0.717, 1.165) is 5.56 Å². The number of rotatable bonds is 4. The molecule has 2 aromatic rings. The molecule has 1 heterocycles. The Kier molecular flexibility index (Phi) is 4.53. The molecule has 3 nitrogen and oxygen atoms in total. The molecule has 0 atom stereocenters. The minimum absolute atomic E-state index is 0.103. The first-order valence-electron chi connectivity index (χ1n) is 6.15. The molecule has 0 aliphatic rings. The number of aromatic nitrogens is 1. The maximum atomic E-state index is 12.3. The average Bonchev–Trinajstić information content (AvgIpc) is 2.45. The average molecular weight is 275 g/mol. The molecule has 0 radical (unpaired) electrons. The lowest BCUT2D eigenvalue weighted by Gasteiger charge is -2.20. The van der Waals surface area contributed by atoms with Crippen molar-refractivity contribution in [2.45, 2.75) is 13.5 Å². The maximum absolute atomic E-state index is 12.3. The summed E-state index contributed by atoms with van der Waals surface area (Å²) in [4.78, 5) is 18.2. The second-order valence-electron chi connectivity index (χ2n) is 4.16. The van der Waals surface area contributed by atoms with E-state index in [2.05, 4.69) is 4.98 Å². The van der Waals surface area contributed by atoms with E-state index < -0.39 is 0 Å². The van der Waals surface area contributed by atoms with Gasteiger partial charge in [-0.2, -0.15) is 0 Å². The Balaban J connectivity index is 2.16. The summed E-state index contributed by atoms with van der Waals surface area (Å²) in [6.45, 7) is 3.15. The van der Waals surface area contributed by atoms with E-state index in [1.165, 1.54) is 0 Å². The van der Waals surface area contributed by atoms with Gasteiger partial charge in [-0.25, -0.2) is 0 Å². The molecule has 0 fully saturated rings. The normalized spacial score (nSPS) is 10.2. The van der Waals surface area contributed by atoms with E-state index in [1.54, 1.807) is 23.2 Å². The van der Waals surface area contributed by atoms with Crippen LogP contribution >= 0.6 is 11.6 Å². The smallest absolute Gasteiger partial charge is 0.272 e. The van der Waals surface area contributed by atoms with Gasteiger partial charge in [-0.1, -0.05) is 41.9 Å². The van der Waals surface area contributed by atoms with Gasteiger partial charge in [0.05, 0.1) is 0 Å². The van der Waals surface area contributed by atoms with Gasteiger partial charge in [-0.3, -0.25) is 9.78 Å². The molecular weight excluding hydrogens is 260 g/mol. The van der Waals surface area contributed by atoms with E-state index in [4.69, 9.17) is 11.6 Å². The van der Waals surface area contributed by atoms with Gasteiger partial charge >= 0.3 is 0 Å². The van der Waals surface area contributed by atoms with Crippen LogP contribution in [0.25, 0.3) is 0 Å². The SMILES string of the molecule is CCN(Cc1ccccc1)C(=O)c1cc(Cl)ccn1. The largest absolute Gasteiger partial charge is 0.333 e. The number of benzene rings is 1. The van der Waals surface area contributed by atoms with Crippen molar-refractivity contribution in [1.82, 2.24) is 9.88 Å². The van der Waals surface area contributed by atoms with Crippen molar-refractivity contribution >= 4 is 17.5 Å². The fourth-order valence-corrected chi connectivity index (χ4v) is 1.97. The lowest BCUT2D eigenvalue weighted by atomic mass is 10.2. The fourth-order valence-electron chi connectivity index (χ4n) is 1.81. The topological polar surface area (TPSA) is 33.2 Å². The molecule has 0 saturated carbocycles. The van der Waals surface area contributed by atoms with Crippen molar-refractivity contribution in [1.29, 1.82) is 0 Å². The van der Waals surface area contributed by atoms with Crippen molar-refractivity contribution in [2.24, 2.45) is 0 Å². The highest BCUT2D eigenvalue weighted by Gasteiger charge is 2.15. The van der Waals surface area contributed by atoms with Gasteiger partial charge in [-0.05, 0) is 24.6 Å². The van der Waals surface area contributed by atoms with Crippen LogP contribution in [0.4, 0.5) is 0 Å². The monoisotopic (exact) mass is 274 g/mol. The number of carbonyl (C=O) groups excluding carboxylic acids is 1. The van der Waals surface area contributed by atoms with E-state index in [9.17, 15) is 4.79 Å². The molecule has 19 heavy (non-hydrogen) atoms. The fraction of sp³-hybridized carbons (Fsp3) is 0.200. The number of hydrogen-bond acceptors (Lipinski definition) is 2. The minimum atomic E-state index is -0.103. The summed E-state index contributed by atoms with van der Waals surface area (Å²) in [5.74, 6) is -0.103. The zero-order chi connectivity index (χ0) is 13.7. The Morgan fingerprint density at radius 2 is 2.00 bits per heavy atom. The molecule has 0 aliphatic heterocycles. The minimum Gasteiger partial charge on any atom is -0.333 e. The van der Waals surface area contributed by atoms with Crippen LogP contribution in [0.5, 0.6) is 0 Å². The standard InChI is InChI=1S/C15H15ClN2O/c1-2-18(11-12-6-4-3-5-7-12)15(19)14-10-13(16)8-9-17-14/h3-10H,2,11H2,1H3. The van der Waals surface area contributed by atoms with Crippen molar-refractivity contribution in [3.8, 4) is 0 Å². The Morgan fingerprint density at radius 1 is 1.26 bits per heavy atom. The molecule has 98 valence electrons. The van der Waals surface area contributed by atoms with Crippen LogP contribution < -0.4 is 0 Å². The number of carbonyl (C=O) groups is 1. The Labute approximate surface area is 117 Å². The maximum Gasteiger partial charge on any atom is 0.272 e. The van der Waals surface area contributed by atoms with Gasteiger partial charge < -0.3 is 4.90 Å². The third-order valence-corrected chi connectivity index (χ3v) is 3.06. The highest BCUT2D eigenvalue weighted by atomic mass is 35.5. The van der Waals surface area contributed by atoms with Crippen molar-refractivity contribution < 1.29 is 4.79 Å². The Morgan fingerprint density at radius 3 is 2.63 bits per heavy atom. The molecule has 4 heteroatoms. The molecule has 0 aliphatic carbocycles. The van der Waals surface area contributed by atoms with Crippen LogP contribution in [0.3, 0.4) is 0 Å². The first-order valence-corrected chi connectivity index (χ1v) is 6.53. The lowest BCUT2D eigenvalue weighted by molar-refractivity contribution is 0.0746. The predicted molar refractivity (Wildman–Crippen MR) is 76.1 cm³/mol. The number of halogens is 1. The molecular formula is C15H15ClN2O. The lowest BCUT2D eigenvalue weighted by Crippen LogP contribution is -2.30. The highest BCUT2D eigenvalue weighted by molar-refractivity contribution is 6.30. The van der Waals surface area contributed by atoms with Gasteiger partial charge in [0.15, 0.2) is 0 Å². The molecule has 0 N–H and O–H groups in total. The van der Waals surface area contributed by atoms with E-state index in [0.29, 0.717) is 23.8 Å². The molecule has 0 spiro atoms. The van der Waals surface area contributed by atoms with Gasteiger partial charge in [0.25, 0.3) is 5.91 Å². The highest BCUT2D eigenvalue weighted by Crippen LogP contribution is 2.12. The Hall–Kier alpha value is -1.87. The summed E-state index contributed by atoms with van der Waals surface area (Å²) in [6, 6.07) is 13.1. The van der Waals surface area contributed by atoms with Gasteiger partial charge in [-0.15, -0.1) is 0 Å². The summed E-state index contributed by atoms with van der Waals surface area (Å²) in [5.41, 5.74) is 1.48. The van der Waals surface area contributed by atoms with Gasteiger partial charge in [0.2, 0.25) is 0 Å². The van der Waals surface area contributed by atoms with Crippen LogP contribution in [0.15, 0.2) is 48.7 Å². The second kappa shape index (κ2) is 6.34. The van der Waals surface area contributed by atoms with Crippen molar-refractivity contribution in [3.05, 3.63) is 64.9 Å². The van der Waals surface area contributed by atoms with Crippen molar-refractivity contribution in [3.63, 3.8) is 0 Å². The summed E-state index contributed by atoms with van der Waals surface area (Å²) < 4.78 is 0. The van der Waals surface area contributed by atoms with Gasteiger partial charge in [0.1, 0.15) is 5.69 Å². The molecule has 0 bridgehead atoms. The van der Waals surface area contributed by atoms with E-state index in [-0.39, 0.29) is 5.91 Å². The van der Waals surface area contributed by atoms with E-state index >= 15 is 0 Å². The summed E-state index contributed by atoms with van der Waals surface area (Å²) >= 11 is 5.89. The molecule has 1 aromatic heterocycles. The molecule has 1 amide bonds. The molecule has 2 rings (SSSR count). The van der Waals surface area contributed by atoms with Gasteiger partial charge in [0, 0.05) is 24.3 Å². The Bertz CT molecular complexity index is 557. The third kappa shape index (κ3) is 3.55. The zero-order valence-corrected chi connectivity index (χ0v) is 11.5. The summed E-state index contributed by atoms with van der Waals surface area (Å²) in [7, 11) is 0. The third-order valence-electron chi connectivity index (χ3n) is 2.83. The summed E-state index contributed by atoms with van der Waals surface area (Å²) in [5, 5.41) is 0.522. The predicted octanol–water partition coefficient (Wildman–Crippen LogP) is 3.40. The van der Waals surface area contributed by atoms with E-state index in [1.807, 2.05) is 37.3 Å². The van der Waals surface area contributed by atoms with Crippen LogP contribution in [0.1, 0.15) is 23.0 Å². The molecule has 0 saturated heterocycles. The molecule has 1 aromatic carbocycles. The number of nitrogens with zero attached hydrogens (tertiary/aromatic N) is 2. The number of amides is 1. The second-order valence-corrected chi connectivity index (χ2v) is 4.60. The van der Waals surface area contributed by atoms with Crippen molar-refractivity contribution in [2.75, 3.05) is 6.54 Å². The van der Waals surface area contributed by atoms with Crippen LogP contribution in [0.2, 0.25) is 5.02 Å². The number of hydrogen-bond donors (Lipinski definition) is 0. The van der Waals surface area contributed by atoms with Crippen LogP contribution in [0, 0.1) is 0 Å². The summed E-state index contributed by atoms with van der Waals surface area (Å²) in [6.07, 6.45) is 1.55. The first kappa shape index (κ1) is 13.6. The molecule has 0 unspecified atom stereocenters. The quantitative estimate of drug-likeness (QED) is 0.856. The van der Waals surface area contributed by atoms with Crippen LogP contribution in [-0.2, 0) is 6.54 Å². The van der Waals surface area contributed by atoms with Crippen LogP contribution in [-0.4, -0.2) is 22.3 Å². The first-order chi connectivity index (χ1) is 9.20. The number of pyridine rings is 1. The zero-order valence-electron chi connectivity index (χ0n) is 10.7.